The van der Waals surface area contributed by atoms with Crippen LogP contribution in [0.3, 0.4) is 0 Å². The van der Waals surface area contributed by atoms with E-state index < -0.39 is 0 Å². The van der Waals surface area contributed by atoms with Crippen LogP contribution in [0.2, 0.25) is 0 Å². The fourth-order valence-electron chi connectivity index (χ4n) is 2.44. The van der Waals surface area contributed by atoms with Crippen molar-refractivity contribution in [3.05, 3.63) is 29.8 Å². The first kappa shape index (κ1) is 13.1. The zero-order valence-electron chi connectivity index (χ0n) is 11.0. The number of amides is 1. The van der Waals surface area contributed by atoms with Crippen molar-refractivity contribution in [1.29, 1.82) is 0 Å². The molecule has 3 nitrogen and oxygen atoms in total. The van der Waals surface area contributed by atoms with Crippen LogP contribution in [0.25, 0.3) is 0 Å². The molecule has 1 atom stereocenters. The molecule has 1 aliphatic heterocycles. The second-order valence-corrected chi connectivity index (χ2v) is 4.94. The fourth-order valence-corrected chi connectivity index (χ4v) is 2.44. The quantitative estimate of drug-likeness (QED) is 0.857. The van der Waals surface area contributed by atoms with Gasteiger partial charge in [0.15, 0.2) is 0 Å². The van der Waals surface area contributed by atoms with E-state index in [0.29, 0.717) is 0 Å². The monoisotopic (exact) mass is 246 g/mol. The van der Waals surface area contributed by atoms with Gasteiger partial charge in [-0.25, -0.2) is 0 Å². The predicted molar refractivity (Wildman–Crippen MR) is 74.7 cm³/mol. The van der Waals surface area contributed by atoms with E-state index in [1.807, 2.05) is 18.2 Å². The Morgan fingerprint density at radius 1 is 1.44 bits per heavy atom. The van der Waals surface area contributed by atoms with Crippen molar-refractivity contribution in [2.24, 2.45) is 5.92 Å². The summed E-state index contributed by atoms with van der Waals surface area (Å²) in [5.74, 6) is 0.277. The number of anilines is 1. The summed E-state index contributed by atoms with van der Waals surface area (Å²) in [6.45, 7) is 4.00. The molecule has 0 bridgehead atoms. The van der Waals surface area contributed by atoms with Gasteiger partial charge < -0.3 is 10.6 Å². The van der Waals surface area contributed by atoms with Crippen molar-refractivity contribution in [3.8, 4) is 0 Å². The van der Waals surface area contributed by atoms with E-state index in [0.717, 1.165) is 44.5 Å². The van der Waals surface area contributed by atoms with Crippen LogP contribution in [0, 0.1) is 5.92 Å². The molecule has 1 fully saturated rings. The van der Waals surface area contributed by atoms with Gasteiger partial charge in [-0.3, -0.25) is 4.79 Å². The van der Waals surface area contributed by atoms with Gasteiger partial charge in [0.05, 0.1) is 5.92 Å². The minimum Gasteiger partial charge on any atom is -0.326 e. The molecule has 1 aliphatic rings. The Balaban J connectivity index is 2.01. The summed E-state index contributed by atoms with van der Waals surface area (Å²) in [6, 6.07) is 8.11. The average Bonchev–Trinajstić information content (AvgIpc) is 2.42. The average molecular weight is 246 g/mol. The molecule has 1 amide bonds. The number of nitrogens with one attached hydrogen (secondary N) is 2. The van der Waals surface area contributed by atoms with Crippen molar-refractivity contribution in [2.45, 2.75) is 32.6 Å². The highest BCUT2D eigenvalue weighted by atomic mass is 16.1. The lowest BCUT2D eigenvalue weighted by Crippen LogP contribution is -2.37. The SMILES string of the molecule is CCCc1ccccc1NC(=O)[C@H]1CCCNC1. The van der Waals surface area contributed by atoms with E-state index >= 15 is 0 Å². The van der Waals surface area contributed by atoms with Gasteiger partial charge in [-0.2, -0.15) is 0 Å². The van der Waals surface area contributed by atoms with Gasteiger partial charge in [0, 0.05) is 12.2 Å². The highest BCUT2D eigenvalue weighted by Crippen LogP contribution is 2.19. The summed E-state index contributed by atoms with van der Waals surface area (Å²) in [4.78, 5) is 12.2. The van der Waals surface area contributed by atoms with E-state index in [2.05, 4.69) is 23.6 Å². The highest BCUT2D eigenvalue weighted by molar-refractivity contribution is 5.93. The minimum atomic E-state index is 0.119. The lowest BCUT2D eigenvalue weighted by molar-refractivity contribution is -0.120. The summed E-state index contributed by atoms with van der Waals surface area (Å²) in [7, 11) is 0. The van der Waals surface area contributed by atoms with Gasteiger partial charge in [0.25, 0.3) is 0 Å². The molecule has 0 saturated carbocycles. The molecule has 2 rings (SSSR count). The molecule has 0 spiro atoms. The van der Waals surface area contributed by atoms with Crippen molar-refractivity contribution < 1.29 is 4.79 Å². The molecule has 3 heteroatoms. The molecular formula is C15H22N2O. The van der Waals surface area contributed by atoms with Crippen molar-refractivity contribution in [2.75, 3.05) is 18.4 Å². The van der Waals surface area contributed by atoms with Crippen LogP contribution in [-0.2, 0) is 11.2 Å². The van der Waals surface area contributed by atoms with Crippen molar-refractivity contribution >= 4 is 11.6 Å². The Labute approximate surface area is 109 Å². The molecule has 0 aliphatic carbocycles. The van der Waals surface area contributed by atoms with Gasteiger partial charge in [0.2, 0.25) is 5.91 Å². The van der Waals surface area contributed by atoms with Crippen LogP contribution in [0.5, 0.6) is 0 Å². The van der Waals surface area contributed by atoms with Gasteiger partial charge in [-0.15, -0.1) is 0 Å². The molecule has 1 heterocycles. The number of piperidine rings is 1. The number of aryl methyl sites for hydroxylation is 1. The first-order chi connectivity index (χ1) is 8.81. The third-order valence-electron chi connectivity index (χ3n) is 3.46. The van der Waals surface area contributed by atoms with Crippen LogP contribution >= 0.6 is 0 Å². The van der Waals surface area contributed by atoms with Gasteiger partial charge in [-0.1, -0.05) is 31.5 Å². The van der Waals surface area contributed by atoms with Crippen LogP contribution in [0.15, 0.2) is 24.3 Å². The van der Waals surface area contributed by atoms with Crippen LogP contribution in [0.1, 0.15) is 31.7 Å². The number of para-hydroxylation sites is 1. The molecule has 18 heavy (non-hydrogen) atoms. The first-order valence-electron chi connectivity index (χ1n) is 6.90. The minimum absolute atomic E-state index is 0.119. The summed E-state index contributed by atoms with van der Waals surface area (Å²) in [6.07, 6.45) is 4.20. The Bertz CT molecular complexity index is 397. The lowest BCUT2D eigenvalue weighted by atomic mass is 9.98. The second-order valence-electron chi connectivity index (χ2n) is 4.94. The normalized spacial score (nSPS) is 19.5. The maximum Gasteiger partial charge on any atom is 0.228 e. The summed E-state index contributed by atoms with van der Waals surface area (Å²) < 4.78 is 0. The molecule has 98 valence electrons. The van der Waals surface area contributed by atoms with E-state index in [1.54, 1.807) is 0 Å². The number of hydrogen-bond acceptors (Lipinski definition) is 2. The lowest BCUT2D eigenvalue weighted by Gasteiger charge is -2.22. The number of hydrogen-bond donors (Lipinski definition) is 2. The molecule has 0 radical (unpaired) electrons. The third kappa shape index (κ3) is 3.33. The second kappa shape index (κ2) is 6.55. The van der Waals surface area contributed by atoms with E-state index in [4.69, 9.17) is 0 Å². The Kier molecular flexibility index (Phi) is 4.76. The molecule has 0 aromatic heterocycles. The molecule has 2 N–H and O–H groups in total. The maximum atomic E-state index is 12.2. The predicted octanol–water partition coefficient (Wildman–Crippen LogP) is 2.58. The Morgan fingerprint density at radius 3 is 3.00 bits per heavy atom. The topological polar surface area (TPSA) is 41.1 Å². The van der Waals surface area contributed by atoms with E-state index in [-0.39, 0.29) is 11.8 Å². The van der Waals surface area contributed by atoms with Crippen LogP contribution < -0.4 is 10.6 Å². The fraction of sp³-hybridized carbons (Fsp3) is 0.533. The number of carbonyl (C=O) groups excluding carboxylic acids is 1. The summed E-state index contributed by atoms with van der Waals surface area (Å²) in [5, 5.41) is 6.37. The van der Waals surface area contributed by atoms with Crippen LogP contribution in [-0.4, -0.2) is 19.0 Å². The first-order valence-corrected chi connectivity index (χ1v) is 6.90. The maximum absolute atomic E-state index is 12.2. The molecule has 1 saturated heterocycles. The molecule has 0 unspecified atom stereocenters. The largest absolute Gasteiger partial charge is 0.326 e. The zero-order chi connectivity index (χ0) is 12.8. The highest BCUT2D eigenvalue weighted by Gasteiger charge is 2.21. The summed E-state index contributed by atoms with van der Waals surface area (Å²) in [5.41, 5.74) is 2.21. The number of rotatable bonds is 4. The molecule has 1 aromatic carbocycles. The smallest absolute Gasteiger partial charge is 0.228 e. The van der Waals surface area contributed by atoms with Crippen molar-refractivity contribution in [3.63, 3.8) is 0 Å². The Hall–Kier alpha value is -1.35. The van der Waals surface area contributed by atoms with Crippen LogP contribution in [0.4, 0.5) is 5.69 Å². The Morgan fingerprint density at radius 2 is 2.28 bits per heavy atom. The molecular weight excluding hydrogens is 224 g/mol. The van der Waals surface area contributed by atoms with Gasteiger partial charge in [-0.05, 0) is 37.4 Å². The van der Waals surface area contributed by atoms with E-state index in [9.17, 15) is 4.79 Å². The number of carbonyl (C=O) groups is 1. The van der Waals surface area contributed by atoms with Gasteiger partial charge in [0.1, 0.15) is 0 Å². The van der Waals surface area contributed by atoms with Gasteiger partial charge >= 0.3 is 0 Å². The molecule has 1 aromatic rings. The zero-order valence-corrected chi connectivity index (χ0v) is 11.0. The van der Waals surface area contributed by atoms with E-state index in [1.165, 1.54) is 5.56 Å². The third-order valence-corrected chi connectivity index (χ3v) is 3.46. The standard InChI is InChI=1S/C15H22N2O/c1-2-6-12-7-3-4-9-14(12)17-15(18)13-8-5-10-16-11-13/h3-4,7,9,13,16H,2,5-6,8,10-11H2,1H3,(H,17,18)/t13-/m0/s1. The summed E-state index contributed by atoms with van der Waals surface area (Å²) >= 11 is 0. The number of benzene rings is 1. The van der Waals surface area contributed by atoms with Crippen molar-refractivity contribution in [1.82, 2.24) is 5.32 Å².